The van der Waals surface area contributed by atoms with Crippen molar-refractivity contribution >= 4 is 16.6 Å². The van der Waals surface area contributed by atoms with Gasteiger partial charge in [-0.2, -0.15) is 0 Å². The van der Waals surface area contributed by atoms with Crippen LogP contribution in [0.1, 0.15) is 11.8 Å². The van der Waals surface area contributed by atoms with Crippen LogP contribution in [0.2, 0.25) is 0 Å². The van der Waals surface area contributed by atoms with Crippen molar-refractivity contribution in [2.45, 2.75) is 6.23 Å². The van der Waals surface area contributed by atoms with Gasteiger partial charge in [-0.25, -0.2) is 4.39 Å². The number of hydrogen-bond donors (Lipinski definition) is 2. The highest BCUT2D eigenvalue weighted by molar-refractivity contribution is 5.92. The molecule has 0 saturated heterocycles. The van der Waals surface area contributed by atoms with Crippen LogP contribution in [0.5, 0.6) is 5.75 Å². The Morgan fingerprint density at radius 3 is 2.44 bits per heavy atom. The molecule has 4 aromatic rings. The summed E-state index contributed by atoms with van der Waals surface area (Å²) in [7, 11) is 0. The van der Waals surface area contributed by atoms with Crippen molar-refractivity contribution in [3.63, 3.8) is 0 Å². The van der Waals surface area contributed by atoms with Crippen molar-refractivity contribution in [2.75, 3.05) is 5.32 Å². The van der Waals surface area contributed by atoms with Crippen molar-refractivity contribution in [1.82, 2.24) is 4.98 Å². The quantitative estimate of drug-likeness (QED) is 0.511. The minimum absolute atomic E-state index is 0.246. The van der Waals surface area contributed by atoms with Crippen LogP contribution in [0.25, 0.3) is 22.2 Å². The molecule has 1 unspecified atom stereocenters. The van der Waals surface area contributed by atoms with Gasteiger partial charge in [0.05, 0.1) is 11.4 Å². The summed E-state index contributed by atoms with van der Waals surface area (Å²) in [4.78, 5) is 3.46. The fraction of sp³-hybridized carbons (Fsp3) is 0.0476. The SMILES string of the molecule is Fc1ccc(-c2[nH]c3ccccc3c2C2Nc3ccccc3O2)cc1. The normalized spacial score (nSPS) is 15.6. The first-order valence-electron chi connectivity index (χ1n) is 8.18. The molecule has 2 N–H and O–H groups in total. The van der Waals surface area contributed by atoms with Crippen molar-refractivity contribution < 1.29 is 9.13 Å². The molecule has 5 rings (SSSR count). The molecular formula is C21H15FN2O. The molecule has 1 aromatic heterocycles. The molecule has 1 atom stereocenters. The van der Waals surface area contributed by atoms with Gasteiger partial charge in [-0.05, 0) is 48.0 Å². The third kappa shape index (κ3) is 2.26. The minimum atomic E-state index is -0.298. The average Bonchev–Trinajstić information content (AvgIpc) is 3.23. The molecule has 122 valence electrons. The van der Waals surface area contributed by atoms with E-state index in [2.05, 4.69) is 16.4 Å². The van der Waals surface area contributed by atoms with Crippen LogP contribution < -0.4 is 10.1 Å². The van der Waals surface area contributed by atoms with E-state index in [1.54, 1.807) is 12.1 Å². The molecular weight excluding hydrogens is 315 g/mol. The van der Waals surface area contributed by atoms with Gasteiger partial charge in [0.15, 0.2) is 6.23 Å². The number of rotatable bonds is 2. The van der Waals surface area contributed by atoms with Gasteiger partial charge in [-0.1, -0.05) is 30.3 Å². The molecule has 1 aliphatic heterocycles. The van der Waals surface area contributed by atoms with Gasteiger partial charge in [0.2, 0.25) is 0 Å². The van der Waals surface area contributed by atoms with Gasteiger partial charge in [0.25, 0.3) is 0 Å². The van der Waals surface area contributed by atoms with E-state index < -0.39 is 0 Å². The van der Waals surface area contributed by atoms with E-state index in [0.29, 0.717) is 0 Å². The van der Waals surface area contributed by atoms with Gasteiger partial charge >= 0.3 is 0 Å². The number of anilines is 1. The molecule has 0 aliphatic carbocycles. The summed E-state index contributed by atoms with van der Waals surface area (Å²) in [5.41, 5.74) is 4.89. The number of aromatic nitrogens is 1. The largest absolute Gasteiger partial charge is 0.464 e. The molecule has 0 amide bonds. The predicted octanol–water partition coefficient (Wildman–Crippen LogP) is 5.48. The summed E-state index contributed by atoms with van der Waals surface area (Å²) in [5.74, 6) is 0.590. The number of para-hydroxylation sites is 3. The number of ether oxygens (including phenoxy) is 1. The van der Waals surface area contributed by atoms with E-state index in [-0.39, 0.29) is 12.0 Å². The Bertz CT molecular complexity index is 1040. The van der Waals surface area contributed by atoms with E-state index in [1.165, 1.54) is 12.1 Å². The van der Waals surface area contributed by atoms with Crippen LogP contribution in [0.4, 0.5) is 10.1 Å². The fourth-order valence-corrected chi connectivity index (χ4v) is 3.40. The lowest BCUT2D eigenvalue weighted by atomic mass is 10.0. The molecule has 3 nitrogen and oxygen atoms in total. The molecule has 1 aliphatic rings. The molecule has 0 spiro atoms. The third-order valence-electron chi connectivity index (χ3n) is 4.56. The van der Waals surface area contributed by atoms with Gasteiger partial charge in [-0.15, -0.1) is 0 Å². The Morgan fingerprint density at radius 2 is 1.60 bits per heavy atom. The second-order valence-electron chi connectivity index (χ2n) is 6.10. The van der Waals surface area contributed by atoms with Crippen LogP contribution in [0, 0.1) is 5.82 Å². The van der Waals surface area contributed by atoms with Crippen LogP contribution in [-0.2, 0) is 0 Å². The first kappa shape index (κ1) is 14.1. The van der Waals surface area contributed by atoms with Crippen molar-refractivity contribution in [3.8, 4) is 17.0 Å². The summed E-state index contributed by atoms with van der Waals surface area (Å²) < 4.78 is 19.5. The molecule has 4 heteroatoms. The summed E-state index contributed by atoms with van der Waals surface area (Å²) in [6.07, 6.45) is -0.298. The Labute approximate surface area is 144 Å². The zero-order chi connectivity index (χ0) is 16.8. The van der Waals surface area contributed by atoms with Crippen LogP contribution in [-0.4, -0.2) is 4.98 Å². The van der Waals surface area contributed by atoms with Gasteiger partial charge in [0.1, 0.15) is 11.6 Å². The van der Waals surface area contributed by atoms with Gasteiger partial charge in [0, 0.05) is 16.5 Å². The molecule has 0 fully saturated rings. The number of benzene rings is 3. The highest BCUT2D eigenvalue weighted by Crippen LogP contribution is 2.43. The first-order chi connectivity index (χ1) is 12.3. The van der Waals surface area contributed by atoms with E-state index in [9.17, 15) is 4.39 Å². The predicted molar refractivity (Wildman–Crippen MR) is 97.1 cm³/mol. The van der Waals surface area contributed by atoms with Crippen LogP contribution in [0.3, 0.4) is 0 Å². The maximum absolute atomic E-state index is 13.3. The number of H-pyrrole nitrogens is 1. The topological polar surface area (TPSA) is 37.0 Å². The summed E-state index contributed by atoms with van der Waals surface area (Å²) in [6.45, 7) is 0. The molecule has 3 aromatic carbocycles. The van der Waals surface area contributed by atoms with Gasteiger partial charge in [-0.3, -0.25) is 0 Å². The van der Waals surface area contributed by atoms with Crippen LogP contribution >= 0.6 is 0 Å². The average molecular weight is 330 g/mol. The lowest BCUT2D eigenvalue weighted by Gasteiger charge is -2.14. The minimum Gasteiger partial charge on any atom is -0.464 e. The first-order valence-corrected chi connectivity index (χ1v) is 8.18. The third-order valence-corrected chi connectivity index (χ3v) is 4.56. The summed E-state index contributed by atoms with van der Waals surface area (Å²) >= 11 is 0. The summed E-state index contributed by atoms with van der Waals surface area (Å²) in [5, 5.41) is 4.52. The maximum atomic E-state index is 13.3. The Morgan fingerprint density at radius 1 is 0.840 bits per heavy atom. The number of fused-ring (bicyclic) bond motifs is 2. The standard InChI is InChI=1S/C21H15FN2O/c22-14-11-9-13(10-12-14)20-19(15-5-1-2-6-16(15)23-20)21-24-17-7-3-4-8-18(17)25-21/h1-12,21,23-24H. The number of aromatic amines is 1. The lowest BCUT2D eigenvalue weighted by molar-refractivity contribution is 0.262. The molecule has 2 heterocycles. The van der Waals surface area contributed by atoms with E-state index in [4.69, 9.17) is 4.74 Å². The molecule has 0 radical (unpaired) electrons. The number of halogens is 1. The number of nitrogens with one attached hydrogen (secondary N) is 2. The summed E-state index contributed by atoms with van der Waals surface area (Å²) in [6, 6.07) is 22.5. The maximum Gasteiger partial charge on any atom is 0.199 e. The van der Waals surface area contributed by atoms with Crippen molar-refractivity contribution in [2.24, 2.45) is 0 Å². The van der Waals surface area contributed by atoms with E-state index >= 15 is 0 Å². The smallest absolute Gasteiger partial charge is 0.199 e. The van der Waals surface area contributed by atoms with Gasteiger partial charge < -0.3 is 15.0 Å². The van der Waals surface area contributed by atoms with Crippen molar-refractivity contribution in [1.29, 1.82) is 0 Å². The zero-order valence-electron chi connectivity index (χ0n) is 13.3. The lowest BCUT2D eigenvalue weighted by Crippen LogP contribution is -2.11. The highest BCUT2D eigenvalue weighted by Gasteiger charge is 2.28. The Kier molecular flexibility index (Phi) is 3.04. The van der Waals surface area contributed by atoms with Crippen LogP contribution in [0.15, 0.2) is 72.8 Å². The Hall–Kier alpha value is -3.27. The molecule has 25 heavy (non-hydrogen) atoms. The Balaban J connectivity index is 1.69. The molecule has 0 saturated carbocycles. The van der Waals surface area contributed by atoms with E-state index in [1.807, 2.05) is 42.5 Å². The highest BCUT2D eigenvalue weighted by atomic mass is 19.1. The second-order valence-corrected chi connectivity index (χ2v) is 6.10. The zero-order valence-corrected chi connectivity index (χ0v) is 13.3. The number of hydrogen-bond acceptors (Lipinski definition) is 2. The second kappa shape index (κ2) is 5.38. The van der Waals surface area contributed by atoms with Crippen molar-refractivity contribution in [3.05, 3.63) is 84.2 Å². The monoisotopic (exact) mass is 330 g/mol. The molecule has 0 bridgehead atoms. The fourth-order valence-electron chi connectivity index (χ4n) is 3.40. The van der Waals surface area contributed by atoms with E-state index in [0.717, 1.165) is 39.2 Å².